The molecule has 15 nitrogen and oxygen atoms in total. The van der Waals surface area contributed by atoms with Crippen molar-refractivity contribution in [3.63, 3.8) is 0 Å². The number of hydrogen-bond donors (Lipinski definition) is 3. The highest BCUT2D eigenvalue weighted by atomic mass is 16.7. The fourth-order valence-corrected chi connectivity index (χ4v) is 9.59. The molecule has 2 heterocycles. The second kappa shape index (κ2) is 27.8. The molecule has 2 aliphatic rings. The number of hydrogen-bond acceptors (Lipinski definition) is 10. The summed E-state index contributed by atoms with van der Waals surface area (Å²) in [5.74, 6) is -2.13. The van der Waals surface area contributed by atoms with Crippen molar-refractivity contribution in [2.24, 2.45) is 29.4 Å². The number of unbranched alkanes of at least 4 members (excludes halogenated alkanes) is 3. The Bertz CT molecular complexity index is 1580. The van der Waals surface area contributed by atoms with E-state index in [1.807, 2.05) is 65.1 Å². The molecule has 5 amide bonds. The van der Waals surface area contributed by atoms with Crippen molar-refractivity contribution in [2.75, 3.05) is 61.1 Å². The third-order valence-corrected chi connectivity index (χ3v) is 13.5. The molecular weight excluding hydrogens is 815 g/mol. The second-order valence-corrected chi connectivity index (χ2v) is 18.9. The van der Waals surface area contributed by atoms with E-state index in [4.69, 9.17) is 20.0 Å². The number of likely N-dealkylation sites (N-methyl/N-ethyl adjacent to an activating group) is 2. The monoisotopic (exact) mass is 900 g/mol. The van der Waals surface area contributed by atoms with Crippen molar-refractivity contribution in [1.82, 2.24) is 30.4 Å². The Morgan fingerprint density at radius 3 is 2.12 bits per heavy atom. The van der Waals surface area contributed by atoms with E-state index in [0.29, 0.717) is 39.1 Å². The smallest absolute Gasteiger partial charge is 0.269 e. The maximum atomic E-state index is 14.6. The van der Waals surface area contributed by atoms with Crippen LogP contribution >= 0.6 is 0 Å². The molecule has 1 aromatic rings. The summed E-state index contributed by atoms with van der Waals surface area (Å²) in [6.45, 7) is 16.6. The van der Waals surface area contributed by atoms with Crippen LogP contribution in [0.25, 0.3) is 0 Å². The molecule has 64 heavy (non-hydrogen) atoms. The van der Waals surface area contributed by atoms with Crippen molar-refractivity contribution >= 4 is 29.5 Å². The van der Waals surface area contributed by atoms with Crippen molar-refractivity contribution in [3.8, 4) is 0 Å². The Morgan fingerprint density at radius 1 is 0.859 bits per heavy atom. The molecule has 0 saturated carbocycles. The highest BCUT2D eigenvalue weighted by Crippen LogP contribution is 2.30. The van der Waals surface area contributed by atoms with Gasteiger partial charge >= 0.3 is 0 Å². The first-order valence-electron chi connectivity index (χ1n) is 24.1. The SMILES string of the molecule is CC[C@H](C)[C@@H]([C@@H](CC(=O)N1CCC[C@H]1[C@H](OC)[C@@H](C)C(=O)N[C@@H](Cc1ccccc1)C(=O)N1CCCCO1)OC)N(C)C(=O)[C@@H](NC(=O)[C@H](C(C)C)N(C)CCCCCCN)C(C)C. The van der Waals surface area contributed by atoms with E-state index in [9.17, 15) is 24.0 Å². The summed E-state index contributed by atoms with van der Waals surface area (Å²) >= 11 is 0. The van der Waals surface area contributed by atoms with Crippen molar-refractivity contribution in [2.45, 2.75) is 162 Å². The maximum Gasteiger partial charge on any atom is 0.269 e. The Hall–Kier alpha value is -3.63. The third-order valence-electron chi connectivity index (χ3n) is 13.5. The van der Waals surface area contributed by atoms with Crippen LogP contribution in [0, 0.1) is 23.7 Å². The number of nitrogens with two attached hydrogens (primary N) is 1. The first kappa shape index (κ1) is 54.7. The van der Waals surface area contributed by atoms with Crippen LogP contribution in [-0.2, 0) is 44.7 Å². The summed E-state index contributed by atoms with van der Waals surface area (Å²) in [7, 11) is 6.84. The van der Waals surface area contributed by atoms with Crippen molar-refractivity contribution < 1.29 is 38.3 Å². The largest absolute Gasteiger partial charge is 0.379 e. The number of hydroxylamine groups is 2. The Morgan fingerprint density at radius 2 is 1.55 bits per heavy atom. The van der Waals surface area contributed by atoms with Crippen LogP contribution in [0.5, 0.6) is 0 Å². The highest BCUT2D eigenvalue weighted by Gasteiger charge is 2.44. The van der Waals surface area contributed by atoms with Crippen LogP contribution in [0.2, 0.25) is 0 Å². The molecule has 15 heteroatoms. The molecular formula is C49H85N7O8. The zero-order valence-corrected chi connectivity index (χ0v) is 41.2. The molecule has 0 bridgehead atoms. The topological polar surface area (TPSA) is 176 Å². The first-order chi connectivity index (χ1) is 30.5. The lowest BCUT2D eigenvalue weighted by Gasteiger charge is -2.41. The van der Waals surface area contributed by atoms with Crippen LogP contribution in [0.15, 0.2) is 30.3 Å². The van der Waals surface area contributed by atoms with Crippen LogP contribution in [0.3, 0.4) is 0 Å². The van der Waals surface area contributed by atoms with Crippen LogP contribution < -0.4 is 16.4 Å². The minimum atomic E-state index is -0.850. The normalized spacial score (nSPS) is 19.5. The number of carbonyl (C=O) groups is 5. The molecule has 2 fully saturated rings. The van der Waals surface area contributed by atoms with Gasteiger partial charge in [-0.2, -0.15) is 0 Å². The van der Waals surface area contributed by atoms with Crippen molar-refractivity contribution in [3.05, 3.63) is 35.9 Å². The van der Waals surface area contributed by atoms with E-state index < -0.39 is 48.3 Å². The Kier molecular flexibility index (Phi) is 23.7. The third kappa shape index (κ3) is 15.5. The van der Waals surface area contributed by atoms with Crippen LogP contribution in [-0.4, -0.2) is 153 Å². The number of methoxy groups -OCH3 is 2. The molecule has 2 aliphatic heterocycles. The molecule has 3 rings (SSSR count). The maximum absolute atomic E-state index is 14.6. The molecule has 2 saturated heterocycles. The minimum Gasteiger partial charge on any atom is -0.379 e. The fraction of sp³-hybridized carbons (Fsp3) is 0.776. The average Bonchev–Trinajstić information content (AvgIpc) is 3.77. The highest BCUT2D eigenvalue weighted by molar-refractivity contribution is 5.90. The summed E-state index contributed by atoms with van der Waals surface area (Å²) in [5.41, 5.74) is 6.58. The number of amides is 5. The van der Waals surface area contributed by atoms with Gasteiger partial charge in [0.25, 0.3) is 5.91 Å². The summed E-state index contributed by atoms with van der Waals surface area (Å²) in [4.78, 5) is 82.1. The lowest BCUT2D eigenvalue weighted by atomic mass is 9.89. The van der Waals surface area contributed by atoms with Gasteiger partial charge in [-0.3, -0.25) is 33.7 Å². The standard InChI is InChI=1S/C49H85N7O8/c1-12-35(6)44(54(9)49(61)42(33(2)3)52-47(59)43(34(4)5)53(8)27-19-14-13-18-26-50)40(62-10)32-41(57)55-28-22-25-39(55)45(63-11)36(7)46(58)51-38(31-37-23-16-15-17-24-37)48(60)56-29-20-21-30-64-56/h15-17,23-24,33-36,38-40,42-45H,12-14,18-22,25-32,50H2,1-11H3,(H,51,58)(H,52,59)/t35-,36+,38-,39-,40+,42-,43-,44-,45+/m0/s1. The van der Waals surface area contributed by atoms with Crippen LogP contribution in [0.1, 0.15) is 118 Å². The predicted octanol–water partition coefficient (Wildman–Crippen LogP) is 4.80. The number of nitrogens with one attached hydrogen (secondary N) is 2. The van der Waals surface area contributed by atoms with Gasteiger partial charge in [0.1, 0.15) is 12.1 Å². The zero-order valence-electron chi connectivity index (χ0n) is 41.2. The second-order valence-electron chi connectivity index (χ2n) is 18.9. The molecule has 0 spiro atoms. The Balaban J connectivity index is 1.78. The molecule has 0 unspecified atom stereocenters. The number of ether oxygens (including phenoxy) is 2. The number of carbonyl (C=O) groups excluding carboxylic acids is 5. The van der Waals surface area contributed by atoms with E-state index in [-0.39, 0.29) is 53.7 Å². The molecule has 364 valence electrons. The van der Waals surface area contributed by atoms with E-state index in [1.165, 1.54) is 5.06 Å². The van der Waals surface area contributed by atoms with Gasteiger partial charge in [0.2, 0.25) is 23.6 Å². The quantitative estimate of drug-likeness (QED) is 0.104. The molecule has 0 aromatic heterocycles. The molecule has 0 aliphatic carbocycles. The Labute approximate surface area is 385 Å². The van der Waals surface area contributed by atoms with Gasteiger partial charge in [-0.25, -0.2) is 5.06 Å². The van der Waals surface area contributed by atoms with Gasteiger partial charge in [-0.15, -0.1) is 0 Å². The summed E-state index contributed by atoms with van der Waals surface area (Å²) < 4.78 is 12.1. The van der Waals surface area contributed by atoms with Gasteiger partial charge in [-0.05, 0) is 82.0 Å². The molecule has 0 radical (unpaired) electrons. The van der Waals surface area contributed by atoms with Crippen LogP contribution in [0.4, 0.5) is 0 Å². The number of rotatable bonds is 27. The minimum absolute atomic E-state index is 0.00429. The fourth-order valence-electron chi connectivity index (χ4n) is 9.59. The van der Waals surface area contributed by atoms with E-state index in [0.717, 1.165) is 63.5 Å². The van der Waals surface area contributed by atoms with E-state index in [2.05, 4.69) is 29.4 Å². The van der Waals surface area contributed by atoms with E-state index in [1.54, 1.807) is 38.0 Å². The van der Waals surface area contributed by atoms with Crippen molar-refractivity contribution in [1.29, 1.82) is 0 Å². The number of likely N-dealkylation sites (tertiary alicyclic amines) is 1. The van der Waals surface area contributed by atoms with Gasteiger partial charge in [0, 0.05) is 40.8 Å². The lowest BCUT2D eigenvalue weighted by Crippen LogP contribution is -2.60. The van der Waals surface area contributed by atoms with Gasteiger partial charge in [0.05, 0.1) is 49.3 Å². The summed E-state index contributed by atoms with van der Waals surface area (Å²) in [6.07, 6.45) is 6.83. The lowest BCUT2D eigenvalue weighted by molar-refractivity contribution is -0.199. The summed E-state index contributed by atoms with van der Waals surface area (Å²) in [5, 5.41) is 7.52. The predicted molar refractivity (Wildman–Crippen MR) is 251 cm³/mol. The molecule has 4 N–H and O–H groups in total. The first-order valence-corrected chi connectivity index (χ1v) is 24.1. The number of nitrogens with zero attached hydrogens (tertiary/aromatic N) is 4. The van der Waals surface area contributed by atoms with Gasteiger partial charge in [0.15, 0.2) is 0 Å². The molecule has 1 aromatic carbocycles. The van der Waals surface area contributed by atoms with Gasteiger partial charge < -0.3 is 35.6 Å². The average molecular weight is 900 g/mol. The van der Waals surface area contributed by atoms with E-state index >= 15 is 0 Å². The van der Waals surface area contributed by atoms with Gasteiger partial charge in [-0.1, -0.05) is 98.1 Å². The number of benzene rings is 1. The molecule has 9 atom stereocenters. The zero-order chi connectivity index (χ0) is 47.5. The summed E-state index contributed by atoms with van der Waals surface area (Å²) in [6, 6.07) is 6.65.